The summed E-state index contributed by atoms with van der Waals surface area (Å²) in [6, 6.07) is 15.9. The minimum Gasteiger partial charge on any atom is -0.379 e. The third-order valence-electron chi connectivity index (χ3n) is 5.31. The first kappa shape index (κ1) is 21.0. The van der Waals surface area contributed by atoms with E-state index in [9.17, 15) is 9.18 Å². The van der Waals surface area contributed by atoms with Crippen molar-refractivity contribution < 1.29 is 13.9 Å². The average Bonchev–Trinajstić information content (AvgIpc) is 3.34. The first-order chi connectivity index (χ1) is 15.2. The van der Waals surface area contributed by atoms with Crippen LogP contribution in [0.5, 0.6) is 0 Å². The van der Waals surface area contributed by atoms with Crippen LogP contribution < -0.4 is 10.6 Å². The zero-order valence-electron chi connectivity index (χ0n) is 17.2. The van der Waals surface area contributed by atoms with Crippen LogP contribution in [0, 0.1) is 5.82 Å². The molecule has 1 aliphatic heterocycles. The lowest BCUT2D eigenvalue weighted by Gasteiger charge is -2.35. The third kappa shape index (κ3) is 5.68. The number of morpholine rings is 1. The molecule has 162 valence electrons. The molecule has 2 aromatic carbocycles. The van der Waals surface area contributed by atoms with Crippen LogP contribution in [0.15, 0.2) is 67.0 Å². The number of hydrogen-bond acceptors (Lipinski definition) is 4. The van der Waals surface area contributed by atoms with Gasteiger partial charge < -0.3 is 15.4 Å². The lowest BCUT2D eigenvalue weighted by atomic mass is 10.0. The van der Waals surface area contributed by atoms with E-state index in [1.54, 1.807) is 16.9 Å². The highest BCUT2D eigenvalue weighted by Crippen LogP contribution is 2.22. The quantitative estimate of drug-likeness (QED) is 0.613. The maximum atomic E-state index is 13.8. The smallest absolute Gasteiger partial charge is 0.315 e. The molecule has 2 heterocycles. The van der Waals surface area contributed by atoms with E-state index in [0.717, 1.165) is 29.9 Å². The molecule has 7 nitrogen and oxygen atoms in total. The Morgan fingerprint density at radius 1 is 1.10 bits per heavy atom. The van der Waals surface area contributed by atoms with E-state index in [1.165, 1.54) is 12.1 Å². The molecule has 3 aromatic rings. The van der Waals surface area contributed by atoms with E-state index >= 15 is 0 Å². The van der Waals surface area contributed by atoms with Crippen molar-refractivity contribution >= 4 is 6.03 Å². The summed E-state index contributed by atoms with van der Waals surface area (Å²) < 4.78 is 21.0. The number of carbonyl (C=O) groups is 1. The molecule has 1 saturated heterocycles. The zero-order chi connectivity index (χ0) is 21.5. The van der Waals surface area contributed by atoms with Crippen molar-refractivity contribution in [3.63, 3.8) is 0 Å². The molecule has 0 aliphatic carbocycles. The van der Waals surface area contributed by atoms with Crippen molar-refractivity contribution in [1.29, 1.82) is 0 Å². The molecule has 8 heteroatoms. The van der Waals surface area contributed by atoms with Crippen LogP contribution in [0.3, 0.4) is 0 Å². The Hall–Kier alpha value is -3.23. The van der Waals surface area contributed by atoms with Crippen LogP contribution in [0.25, 0.3) is 5.69 Å². The number of hydrogen-bond donors (Lipinski definition) is 2. The predicted molar refractivity (Wildman–Crippen MR) is 115 cm³/mol. The summed E-state index contributed by atoms with van der Waals surface area (Å²) >= 11 is 0. The molecule has 31 heavy (non-hydrogen) atoms. The van der Waals surface area contributed by atoms with E-state index in [4.69, 9.17) is 4.74 Å². The molecule has 2 N–H and O–H groups in total. The van der Waals surface area contributed by atoms with Crippen molar-refractivity contribution in [3.05, 3.63) is 83.9 Å². The fourth-order valence-electron chi connectivity index (χ4n) is 3.73. The molecule has 4 rings (SSSR count). The normalized spacial score (nSPS) is 15.4. The average molecular weight is 423 g/mol. The number of halogens is 1. The molecule has 0 saturated carbocycles. The third-order valence-corrected chi connectivity index (χ3v) is 5.31. The molecule has 0 bridgehead atoms. The SMILES string of the molecule is O=C(NCc1cccc(-n2cccn2)c1)NCC(c1cccc(F)c1)N1CCOCC1. The van der Waals surface area contributed by atoms with Gasteiger partial charge in [-0.3, -0.25) is 4.90 Å². The van der Waals surface area contributed by atoms with Crippen LogP contribution >= 0.6 is 0 Å². The van der Waals surface area contributed by atoms with Gasteiger partial charge in [0, 0.05) is 38.6 Å². The van der Waals surface area contributed by atoms with Crippen LogP contribution in [-0.4, -0.2) is 53.6 Å². The Labute approximate surface area is 180 Å². The highest BCUT2D eigenvalue weighted by Gasteiger charge is 2.23. The van der Waals surface area contributed by atoms with Gasteiger partial charge in [-0.05, 0) is 41.5 Å². The number of amides is 2. The molecule has 1 aliphatic rings. The fourth-order valence-corrected chi connectivity index (χ4v) is 3.73. The first-order valence-electron chi connectivity index (χ1n) is 10.4. The van der Waals surface area contributed by atoms with Gasteiger partial charge in [0.1, 0.15) is 5.82 Å². The van der Waals surface area contributed by atoms with E-state index in [0.29, 0.717) is 26.3 Å². The second-order valence-electron chi connectivity index (χ2n) is 7.40. The number of urea groups is 1. The second-order valence-corrected chi connectivity index (χ2v) is 7.40. The van der Waals surface area contributed by atoms with Crippen molar-refractivity contribution in [2.75, 3.05) is 32.8 Å². The zero-order valence-corrected chi connectivity index (χ0v) is 17.2. The largest absolute Gasteiger partial charge is 0.379 e. The predicted octanol–water partition coefficient (Wildman–Crippen LogP) is 2.88. The summed E-state index contributed by atoms with van der Waals surface area (Å²) in [4.78, 5) is 14.7. The van der Waals surface area contributed by atoms with Gasteiger partial charge in [-0.25, -0.2) is 13.9 Å². The van der Waals surface area contributed by atoms with Gasteiger partial charge in [0.15, 0.2) is 0 Å². The second kappa shape index (κ2) is 10.2. The van der Waals surface area contributed by atoms with Crippen LogP contribution in [0.4, 0.5) is 9.18 Å². The highest BCUT2D eigenvalue weighted by atomic mass is 19.1. The number of aromatic nitrogens is 2. The molecule has 1 unspecified atom stereocenters. The Kier molecular flexibility index (Phi) is 6.91. The molecular weight excluding hydrogens is 397 g/mol. The molecule has 1 aromatic heterocycles. The number of rotatable bonds is 7. The molecule has 0 radical (unpaired) electrons. The summed E-state index contributed by atoms with van der Waals surface area (Å²) in [5.74, 6) is -0.280. The first-order valence-corrected chi connectivity index (χ1v) is 10.4. The molecule has 1 atom stereocenters. The standard InChI is InChI=1S/C23H26FN5O2/c24-20-6-2-5-19(15-20)22(28-10-12-31-13-11-28)17-26-23(30)25-16-18-4-1-7-21(14-18)29-9-3-8-27-29/h1-9,14-15,22H,10-13,16-17H2,(H2,25,26,30). The van der Waals surface area contributed by atoms with Gasteiger partial charge >= 0.3 is 6.03 Å². The molecule has 2 amide bonds. The Morgan fingerprint density at radius 3 is 2.71 bits per heavy atom. The van der Waals surface area contributed by atoms with E-state index in [2.05, 4.69) is 20.6 Å². The van der Waals surface area contributed by atoms with Gasteiger partial charge in [0.05, 0.1) is 24.9 Å². The summed E-state index contributed by atoms with van der Waals surface area (Å²) in [5, 5.41) is 10.1. The minimum absolute atomic E-state index is 0.117. The van der Waals surface area contributed by atoms with Gasteiger partial charge in [-0.1, -0.05) is 24.3 Å². The summed E-state index contributed by atoms with van der Waals surface area (Å²) in [6.07, 6.45) is 3.60. The highest BCUT2D eigenvalue weighted by molar-refractivity contribution is 5.73. The molecule has 1 fully saturated rings. The van der Waals surface area contributed by atoms with Crippen LogP contribution in [0.1, 0.15) is 17.2 Å². The van der Waals surface area contributed by atoms with Crippen molar-refractivity contribution in [2.24, 2.45) is 0 Å². The van der Waals surface area contributed by atoms with Crippen LogP contribution in [-0.2, 0) is 11.3 Å². The van der Waals surface area contributed by atoms with Gasteiger partial charge in [-0.15, -0.1) is 0 Å². The monoisotopic (exact) mass is 423 g/mol. The maximum absolute atomic E-state index is 13.8. The Bertz CT molecular complexity index is 989. The van der Waals surface area contributed by atoms with Crippen molar-refractivity contribution in [1.82, 2.24) is 25.3 Å². The number of nitrogens with zero attached hydrogens (tertiary/aromatic N) is 3. The van der Waals surface area contributed by atoms with E-state index in [1.807, 2.05) is 42.6 Å². The number of ether oxygens (including phenoxy) is 1. The van der Waals surface area contributed by atoms with Crippen LogP contribution in [0.2, 0.25) is 0 Å². The molecular formula is C23H26FN5O2. The van der Waals surface area contributed by atoms with Gasteiger partial charge in [0.25, 0.3) is 0 Å². The van der Waals surface area contributed by atoms with Gasteiger partial charge in [0.2, 0.25) is 0 Å². The number of carbonyl (C=O) groups excluding carboxylic acids is 1. The number of nitrogens with one attached hydrogen (secondary N) is 2. The lowest BCUT2D eigenvalue weighted by Crippen LogP contribution is -2.45. The topological polar surface area (TPSA) is 71.4 Å². The maximum Gasteiger partial charge on any atom is 0.315 e. The van der Waals surface area contributed by atoms with Crippen molar-refractivity contribution in [2.45, 2.75) is 12.6 Å². The number of benzene rings is 2. The summed E-state index contributed by atoms with van der Waals surface area (Å²) in [7, 11) is 0. The van der Waals surface area contributed by atoms with E-state index < -0.39 is 0 Å². The fraction of sp³-hybridized carbons (Fsp3) is 0.304. The summed E-state index contributed by atoms with van der Waals surface area (Å²) in [5.41, 5.74) is 2.75. The Balaban J connectivity index is 1.35. The minimum atomic E-state index is -0.280. The Morgan fingerprint density at radius 2 is 1.94 bits per heavy atom. The van der Waals surface area contributed by atoms with E-state index in [-0.39, 0.29) is 17.9 Å². The lowest BCUT2D eigenvalue weighted by molar-refractivity contribution is 0.0166. The van der Waals surface area contributed by atoms with Crippen molar-refractivity contribution in [3.8, 4) is 5.69 Å². The summed E-state index contributed by atoms with van der Waals surface area (Å²) in [6.45, 7) is 3.51. The van der Waals surface area contributed by atoms with Gasteiger partial charge in [-0.2, -0.15) is 5.10 Å². The molecule has 0 spiro atoms.